The molecule has 26 heavy (non-hydrogen) atoms. The summed E-state index contributed by atoms with van der Waals surface area (Å²) in [7, 11) is 4.04. The van der Waals surface area contributed by atoms with Gasteiger partial charge in [0.2, 0.25) is 5.91 Å². The minimum atomic E-state index is 0.0815. The summed E-state index contributed by atoms with van der Waals surface area (Å²) in [5, 5.41) is 7.50. The Bertz CT molecular complexity index is 652. The zero-order valence-corrected chi connectivity index (χ0v) is 16.4. The number of aromatic nitrogens is 2. The molecule has 1 aromatic heterocycles. The van der Waals surface area contributed by atoms with Crippen LogP contribution in [-0.2, 0) is 11.8 Å². The van der Waals surface area contributed by atoms with Crippen LogP contribution in [0.25, 0.3) is 0 Å². The molecule has 2 aliphatic rings. The number of anilines is 1. The van der Waals surface area contributed by atoms with Gasteiger partial charge in [-0.3, -0.25) is 19.4 Å². The first-order valence-corrected chi connectivity index (χ1v) is 9.53. The molecule has 1 N–H and O–H groups in total. The van der Waals surface area contributed by atoms with Crippen LogP contribution in [0.4, 0.5) is 5.69 Å². The summed E-state index contributed by atoms with van der Waals surface area (Å²) < 4.78 is 1.72. The number of hydrogen-bond acceptors (Lipinski definition) is 4. The summed E-state index contributed by atoms with van der Waals surface area (Å²) in [6.45, 7) is 7.56. The maximum absolute atomic E-state index is 12.6. The van der Waals surface area contributed by atoms with Crippen LogP contribution < -0.4 is 10.2 Å². The highest BCUT2D eigenvalue weighted by Crippen LogP contribution is 2.27. The maximum Gasteiger partial charge on any atom is 0.246 e. The summed E-state index contributed by atoms with van der Waals surface area (Å²) >= 11 is 0. The molecule has 0 aromatic carbocycles. The molecule has 0 radical (unpaired) electrons. The average molecular weight is 361 g/mol. The van der Waals surface area contributed by atoms with Gasteiger partial charge in [0.15, 0.2) is 5.96 Å². The number of aliphatic imine (C=N–C) groups is 1. The van der Waals surface area contributed by atoms with Crippen molar-refractivity contribution in [1.82, 2.24) is 24.9 Å². The van der Waals surface area contributed by atoms with Crippen molar-refractivity contribution in [2.24, 2.45) is 12.0 Å². The van der Waals surface area contributed by atoms with Crippen LogP contribution in [0, 0.1) is 0 Å². The van der Waals surface area contributed by atoms with Gasteiger partial charge in [-0.15, -0.1) is 0 Å². The minimum Gasteiger partial charge on any atom is -0.357 e. The van der Waals surface area contributed by atoms with E-state index in [1.807, 2.05) is 13.2 Å². The Kier molecular flexibility index (Phi) is 5.80. The monoisotopic (exact) mass is 361 g/mol. The van der Waals surface area contributed by atoms with Gasteiger partial charge in [0.1, 0.15) is 6.54 Å². The zero-order chi connectivity index (χ0) is 18.7. The lowest BCUT2D eigenvalue weighted by Gasteiger charge is -2.35. The van der Waals surface area contributed by atoms with Gasteiger partial charge >= 0.3 is 0 Å². The fraction of sp³-hybridized carbons (Fsp3) is 0.722. The van der Waals surface area contributed by atoms with Crippen LogP contribution in [0.1, 0.15) is 26.7 Å². The fourth-order valence-corrected chi connectivity index (χ4v) is 3.29. The molecule has 0 spiro atoms. The highest BCUT2D eigenvalue weighted by Gasteiger charge is 2.30. The Hall–Kier alpha value is -2.09. The first kappa shape index (κ1) is 18.7. The first-order chi connectivity index (χ1) is 12.5. The number of nitrogens with one attached hydrogen (secondary N) is 1. The van der Waals surface area contributed by atoms with E-state index in [0.717, 1.165) is 37.3 Å². The number of hydrogen-bond donors (Lipinski definition) is 1. The molecular weight excluding hydrogens is 330 g/mol. The quantitative estimate of drug-likeness (QED) is 0.591. The van der Waals surface area contributed by atoms with Crippen LogP contribution >= 0.6 is 0 Å². The third kappa shape index (κ3) is 4.35. The van der Waals surface area contributed by atoms with E-state index in [-0.39, 0.29) is 5.91 Å². The number of amides is 1. The van der Waals surface area contributed by atoms with Gasteiger partial charge in [-0.2, -0.15) is 5.10 Å². The van der Waals surface area contributed by atoms with Crippen molar-refractivity contribution in [1.29, 1.82) is 0 Å². The van der Waals surface area contributed by atoms with Crippen molar-refractivity contribution in [3.05, 3.63) is 12.4 Å². The molecule has 1 saturated carbocycles. The Balaban J connectivity index is 1.61. The van der Waals surface area contributed by atoms with Crippen LogP contribution in [-0.4, -0.2) is 83.3 Å². The standard InChI is InChI=1S/C18H31N7O/c1-5-19-18(20-10-14(2)23(4)15-6-7-15)24-8-9-25(17(26)13-24)16-11-21-22(3)12-16/h11-12,14-15H,5-10,13H2,1-4H3,(H,19,20). The Morgan fingerprint density at radius 2 is 2.23 bits per heavy atom. The SMILES string of the molecule is CCNC(=NCC(C)N(C)C1CC1)N1CCN(c2cnn(C)c2)C(=O)C1. The molecule has 1 aromatic rings. The zero-order valence-electron chi connectivity index (χ0n) is 16.4. The molecule has 1 aliphatic carbocycles. The van der Waals surface area contributed by atoms with Gasteiger partial charge in [-0.1, -0.05) is 0 Å². The van der Waals surface area contributed by atoms with Crippen molar-refractivity contribution in [2.75, 3.05) is 44.7 Å². The molecule has 1 aliphatic heterocycles. The highest BCUT2D eigenvalue weighted by atomic mass is 16.2. The molecule has 144 valence electrons. The molecule has 1 unspecified atom stereocenters. The maximum atomic E-state index is 12.6. The summed E-state index contributed by atoms with van der Waals surface area (Å²) in [4.78, 5) is 23.7. The van der Waals surface area contributed by atoms with E-state index in [1.54, 1.807) is 15.8 Å². The van der Waals surface area contributed by atoms with Crippen LogP contribution in [0.5, 0.6) is 0 Å². The molecule has 8 heteroatoms. The van der Waals surface area contributed by atoms with Gasteiger partial charge in [0.05, 0.1) is 18.4 Å². The number of carbonyl (C=O) groups excluding carboxylic acids is 1. The summed E-state index contributed by atoms with van der Waals surface area (Å²) in [5.74, 6) is 0.917. The lowest BCUT2D eigenvalue weighted by Crippen LogP contribution is -2.55. The second-order valence-corrected chi connectivity index (χ2v) is 7.28. The molecule has 1 atom stereocenters. The summed E-state index contributed by atoms with van der Waals surface area (Å²) in [6.07, 6.45) is 6.22. The van der Waals surface area contributed by atoms with E-state index >= 15 is 0 Å². The van der Waals surface area contributed by atoms with Crippen LogP contribution in [0.15, 0.2) is 17.4 Å². The number of aryl methyl sites for hydroxylation is 1. The smallest absolute Gasteiger partial charge is 0.246 e. The van der Waals surface area contributed by atoms with Gasteiger partial charge in [-0.05, 0) is 33.7 Å². The molecule has 3 rings (SSSR count). The normalized spacial score (nSPS) is 20.0. The number of carbonyl (C=O) groups is 1. The number of likely N-dealkylation sites (N-methyl/N-ethyl adjacent to an activating group) is 1. The molecule has 2 fully saturated rings. The number of guanidine groups is 1. The van der Waals surface area contributed by atoms with Crippen molar-refractivity contribution in [2.45, 2.75) is 38.8 Å². The lowest BCUT2D eigenvalue weighted by molar-refractivity contribution is -0.120. The third-order valence-electron chi connectivity index (χ3n) is 5.18. The largest absolute Gasteiger partial charge is 0.357 e. The molecular formula is C18H31N7O. The third-order valence-corrected chi connectivity index (χ3v) is 5.18. The lowest BCUT2D eigenvalue weighted by atomic mass is 10.3. The van der Waals surface area contributed by atoms with Gasteiger partial charge in [-0.25, -0.2) is 0 Å². The Morgan fingerprint density at radius 1 is 1.46 bits per heavy atom. The first-order valence-electron chi connectivity index (χ1n) is 9.53. The van der Waals surface area contributed by atoms with Gasteiger partial charge < -0.3 is 15.1 Å². The topological polar surface area (TPSA) is 69.0 Å². The predicted molar refractivity (Wildman–Crippen MR) is 103 cm³/mol. The second-order valence-electron chi connectivity index (χ2n) is 7.28. The van der Waals surface area contributed by atoms with E-state index in [0.29, 0.717) is 19.1 Å². The van der Waals surface area contributed by atoms with Crippen LogP contribution in [0.2, 0.25) is 0 Å². The molecule has 1 amide bonds. The average Bonchev–Trinajstić information content (AvgIpc) is 3.39. The predicted octanol–water partition coefficient (Wildman–Crippen LogP) is 0.517. The molecule has 1 saturated heterocycles. The van der Waals surface area contributed by atoms with Crippen molar-refractivity contribution < 1.29 is 4.79 Å². The van der Waals surface area contributed by atoms with Gasteiger partial charge in [0.25, 0.3) is 0 Å². The molecule has 8 nitrogen and oxygen atoms in total. The van der Waals surface area contributed by atoms with E-state index < -0.39 is 0 Å². The molecule has 2 heterocycles. The van der Waals surface area contributed by atoms with Crippen molar-refractivity contribution in [3.63, 3.8) is 0 Å². The minimum absolute atomic E-state index is 0.0815. The summed E-state index contributed by atoms with van der Waals surface area (Å²) in [5.41, 5.74) is 0.860. The van der Waals surface area contributed by atoms with Crippen molar-refractivity contribution in [3.8, 4) is 0 Å². The Morgan fingerprint density at radius 3 is 2.81 bits per heavy atom. The summed E-state index contributed by atoms with van der Waals surface area (Å²) in [6, 6.07) is 1.14. The van der Waals surface area contributed by atoms with E-state index in [1.165, 1.54) is 12.8 Å². The van der Waals surface area contributed by atoms with E-state index in [4.69, 9.17) is 4.99 Å². The van der Waals surface area contributed by atoms with Crippen LogP contribution in [0.3, 0.4) is 0 Å². The fourth-order valence-electron chi connectivity index (χ4n) is 3.29. The highest BCUT2D eigenvalue weighted by molar-refractivity contribution is 5.98. The van der Waals surface area contributed by atoms with E-state index in [2.05, 4.69) is 41.1 Å². The Labute approximate surface area is 155 Å². The van der Waals surface area contributed by atoms with Crippen molar-refractivity contribution >= 4 is 17.6 Å². The molecule has 0 bridgehead atoms. The second kappa shape index (κ2) is 8.07. The number of rotatable bonds is 6. The van der Waals surface area contributed by atoms with E-state index in [9.17, 15) is 4.79 Å². The van der Waals surface area contributed by atoms with Gasteiger partial charge in [0, 0.05) is 45.0 Å². The number of nitrogens with zero attached hydrogens (tertiary/aromatic N) is 6. The number of piperazine rings is 1.